The SMILES string of the molecule is N=C(c1ccc(C(=O)SCCNC(=O)c2ccc(Cl)s2)s1)N1CC=CC1.O=C(O)C(F)(F)F. The van der Waals surface area contributed by atoms with Crippen molar-refractivity contribution in [1.29, 1.82) is 5.41 Å². The number of carbonyl (C=O) groups is 3. The summed E-state index contributed by atoms with van der Waals surface area (Å²) in [5, 5.41) is 18.1. The third-order valence-corrected chi connectivity index (χ3v) is 7.18. The molecule has 178 valence electrons. The Kier molecular flexibility index (Phi) is 9.95. The highest BCUT2D eigenvalue weighted by molar-refractivity contribution is 8.14. The number of carboxylic acid groups (broad SMARTS) is 1. The van der Waals surface area contributed by atoms with Crippen LogP contribution in [0.4, 0.5) is 13.2 Å². The zero-order chi connectivity index (χ0) is 24.6. The Hall–Kier alpha value is -2.35. The van der Waals surface area contributed by atoms with Gasteiger partial charge in [-0.25, -0.2) is 4.79 Å². The molecular weight excluding hydrogens is 523 g/mol. The van der Waals surface area contributed by atoms with Crippen molar-refractivity contribution < 1.29 is 32.7 Å². The minimum absolute atomic E-state index is 0.0398. The van der Waals surface area contributed by atoms with Crippen LogP contribution in [0.2, 0.25) is 4.34 Å². The second-order valence-corrected chi connectivity index (χ2v) is 10.1. The summed E-state index contributed by atoms with van der Waals surface area (Å²) < 4.78 is 32.3. The maximum Gasteiger partial charge on any atom is 0.490 e. The first-order valence-electron chi connectivity index (χ1n) is 9.08. The number of halogens is 4. The molecule has 0 aromatic carbocycles. The Labute approximate surface area is 203 Å². The number of nitrogens with one attached hydrogen (secondary N) is 2. The summed E-state index contributed by atoms with van der Waals surface area (Å²) in [5.41, 5.74) is 0. The van der Waals surface area contributed by atoms with E-state index in [1.165, 1.54) is 34.4 Å². The summed E-state index contributed by atoms with van der Waals surface area (Å²) in [6, 6.07) is 6.95. The number of carbonyl (C=O) groups excluding carboxylic acids is 2. The van der Waals surface area contributed by atoms with E-state index < -0.39 is 12.1 Å². The van der Waals surface area contributed by atoms with Crippen molar-refractivity contribution in [3.63, 3.8) is 0 Å². The third-order valence-electron chi connectivity index (χ3n) is 3.84. The fourth-order valence-electron chi connectivity index (χ4n) is 2.29. The van der Waals surface area contributed by atoms with Gasteiger partial charge in [-0.05, 0) is 24.3 Å². The van der Waals surface area contributed by atoms with Crippen LogP contribution >= 0.6 is 46.0 Å². The molecule has 1 amide bonds. The number of carboxylic acids is 1. The molecule has 0 spiro atoms. The van der Waals surface area contributed by atoms with Crippen molar-refractivity contribution >= 4 is 68.9 Å². The van der Waals surface area contributed by atoms with E-state index in [0.29, 0.717) is 32.2 Å². The molecule has 0 bridgehead atoms. The molecule has 7 nitrogen and oxygen atoms in total. The highest BCUT2D eigenvalue weighted by Gasteiger charge is 2.38. The predicted molar refractivity (Wildman–Crippen MR) is 124 cm³/mol. The van der Waals surface area contributed by atoms with Crippen LogP contribution in [0.15, 0.2) is 36.4 Å². The van der Waals surface area contributed by atoms with Gasteiger partial charge in [0.1, 0.15) is 5.84 Å². The Morgan fingerprint density at radius 1 is 1.09 bits per heavy atom. The lowest BCUT2D eigenvalue weighted by atomic mass is 10.4. The van der Waals surface area contributed by atoms with E-state index in [0.717, 1.165) is 18.0 Å². The number of amides is 1. The third kappa shape index (κ3) is 8.50. The van der Waals surface area contributed by atoms with Gasteiger partial charge in [-0.15, -0.1) is 22.7 Å². The molecule has 0 saturated heterocycles. The van der Waals surface area contributed by atoms with Crippen LogP contribution in [0, 0.1) is 5.41 Å². The van der Waals surface area contributed by atoms with E-state index in [-0.39, 0.29) is 11.0 Å². The molecule has 33 heavy (non-hydrogen) atoms. The Morgan fingerprint density at radius 2 is 1.67 bits per heavy atom. The largest absolute Gasteiger partial charge is 0.490 e. The maximum absolute atomic E-state index is 12.3. The van der Waals surface area contributed by atoms with E-state index in [4.69, 9.17) is 26.9 Å². The number of thiophene rings is 2. The smallest absolute Gasteiger partial charge is 0.475 e. The lowest BCUT2D eigenvalue weighted by Crippen LogP contribution is -2.27. The van der Waals surface area contributed by atoms with Crippen LogP contribution in [0.25, 0.3) is 0 Å². The number of rotatable bonds is 6. The number of amidine groups is 1. The van der Waals surface area contributed by atoms with Gasteiger partial charge in [0.05, 0.1) is 19.0 Å². The number of aliphatic carboxylic acids is 1. The summed E-state index contributed by atoms with van der Waals surface area (Å²) in [7, 11) is 0. The Morgan fingerprint density at radius 3 is 2.21 bits per heavy atom. The van der Waals surface area contributed by atoms with Crippen molar-refractivity contribution in [2.24, 2.45) is 0 Å². The van der Waals surface area contributed by atoms with Gasteiger partial charge in [0.25, 0.3) is 5.91 Å². The number of thioether (sulfide) groups is 1. The molecule has 0 aliphatic carbocycles. The normalized spacial score (nSPS) is 12.8. The van der Waals surface area contributed by atoms with Crippen LogP contribution in [0.1, 0.15) is 24.2 Å². The molecule has 3 N–H and O–H groups in total. The van der Waals surface area contributed by atoms with Gasteiger partial charge in [0, 0.05) is 25.4 Å². The van der Waals surface area contributed by atoms with Gasteiger partial charge in [-0.1, -0.05) is 35.5 Å². The fourth-order valence-corrected chi connectivity index (χ4v) is 4.97. The fraction of sp³-hybridized carbons (Fsp3) is 0.263. The maximum atomic E-state index is 12.3. The van der Waals surface area contributed by atoms with Crippen LogP contribution in [0.5, 0.6) is 0 Å². The van der Waals surface area contributed by atoms with E-state index in [1.54, 1.807) is 18.2 Å². The zero-order valence-electron chi connectivity index (χ0n) is 16.6. The minimum atomic E-state index is -5.08. The summed E-state index contributed by atoms with van der Waals surface area (Å²) in [6.45, 7) is 1.88. The molecule has 0 unspecified atom stereocenters. The number of alkyl halides is 3. The molecule has 0 fully saturated rings. The van der Waals surface area contributed by atoms with E-state index in [1.807, 2.05) is 23.1 Å². The molecular formula is C19H17ClF3N3O4S3. The molecule has 0 saturated carbocycles. The standard InChI is InChI=1S/C17H16ClN3O2S3.C2HF3O2/c18-14-6-5-12(26-14)16(22)20-7-10-24-17(23)13-4-3-11(25-13)15(19)21-8-1-2-9-21;3-2(4,5)1(6)7/h1-6,19H,7-10H2,(H,20,22);(H,6,7). The molecule has 3 rings (SSSR count). The number of hydrogen-bond donors (Lipinski definition) is 3. The first-order valence-corrected chi connectivity index (χ1v) is 12.1. The predicted octanol–water partition coefficient (Wildman–Crippen LogP) is 4.60. The van der Waals surface area contributed by atoms with Crippen LogP contribution in [-0.4, -0.2) is 64.4 Å². The monoisotopic (exact) mass is 539 g/mol. The molecule has 3 heterocycles. The van der Waals surface area contributed by atoms with Crippen LogP contribution < -0.4 is 5.32 Å². The van der Waals surface area contributed by atoms with Gasteiger partial charge >= 0.3 is 12.1 Å². The van der Waals surface area contributed by atoms with Crippen molar-refractivity contribution in [3.8, 4) is 0 Å². The summed E-state index contributed by atoms with van der Waals surface area (Å²) >= 11 is 9.54. The summed E-state index contributed by atoms with van der Waals surface area (Å²) in [6.07, 6.45) is -1.02. The average molecular weight is 540 g/mol. The molecule has 2 aromatic heterocycles. The van der Waals surface area contributed by atoms with Crippen LogP contribution in [-0.2, 0) is 4.79 Å². The van der Waals surface area contributed by atoms with Gasteiger partial charge < -0.3 is 15.3 Å². The molecule has 1 aliphatic heterocycles. The lowest BCUT2D eigenvalue weighted by Gasteiger charge is -2.16. The van der Waals surface area contributed by atoms with Gasteiger partial charge in [0.2, 0.25) is 5.12 Å². The molecule has 14 heteroatoms. The Bertz CT molecular complexity index is 1040. The molecule has 2 aromatic rings. The van der Waals surface area contributed by atoms with Crippen molar-refractivity contribution in [3.05, 3.63) is 55.4 Å². The highest BCUT2D eigenvalue weighted by Crippen LogP contribution is 2.24. The lowest BCUT2D eigenvalue weighted by molar-refractivity contribution is -0.192. The van der Waals surface area contributed by atoms with Crippen molar-refractivity contribution in [2.75, 3.05) is 25.4 Å². The summed E-state index contributed by atoms with van der Waals surface area (Å²) in [4.78, 5) is 37.0. The van der Waals surface area contributed by atoms with E-state index in [9.17, 15) is 22.8 Å². The second-order valence-electron chi connectivity index (χ2n) is 6.19. The van der Waals surface area contributed by atoms with Gasteiger partial charge in [0.15, 0.2) is 0 Å². The van der Waals surface area contributed by atoms with E-state index >= 15 is 0 Å². The minimum Gasteiger partial charge on any atom is -0.475 e. The van der Waals surface area contributed by atoms with Crippen LogP contribution in [0.3, 0.4) is 0 Å². The molecule has 0 radical (unpaired) electrons. The number of hydrogen-bond acceptors (Lipinski definition) is 7. The zero-order valence-corrected chi connectivity index (χ0v) is 19.9. The first-order chi connectivity index (χ1) is 15.5. The Balaban J connectivity index is 0.000000479. The van der Waals surface area contributed by atoms with Gasteiger partial charge in [-0.2, -0.15) is 13.2 Å². The summed E-state index contributed by atoms with van der Waals surface area (Å²) in [5.74, 6) is -2.00. The van der Waals surface area contributed by atoms with Crippen molar-refractivity contribution in [1.82, 2.24) is 10.2 Å². The quantitative estimate of drug-likeness (QED) is 0.214. The number of nitrogens with zero attached hydrogens (tertiary/aromatic N) is 1. The second kappa shape index (κ2) is 12.2. The van der Waals surface area contributed by atoms with Gasteiger partial charge in [-0.3, -0.25) is 15.0 Å². The molecule has 0 atom stereocenters. The molecule has 1 aliphatic rings. The first kappa shape index (κ1) is 26.9. The van der Waals surface area contributed by atoms with Crippen molar-refractivity contribution in [2.45, 2.75) is 6.18 Å². The van der Waals surface area contributed by atoms with E-state index in [2.05, 4.69) is 5.32 Å². The highest BCUT2D eigenvalue weighted by atomic mass is 35.5. The topological polar surface area (TPSA) is 111 Å². The average Bonchev–Trinajstić information content (AvgIpc) is 3.51.